The number of nitrogens with zero attached hydrogens (tertiary/aromatic N) is 3. The number of rotatable bonds is 5. The Morgan fingerprint density at radius 3 is 2.70 bits per heavy atom. The number of nitrogens with two attached hydrogens (primary N) is 1. The van der Waals surface area contributed by atoms with Crippen LogP contribution < -0.4 is 11.1 Å². The van der Waals surface area contributed by atoms with Crippen LogP contribution in [-0.2, 0) is 6.42 Å². The first-order valence-electron chi connectivity index (χ1n) is 6.83. The lowest BCUT2D eigenvalue weighted by atomic mass is 10.2. The predicted octanol–water partition coefficient (Wildman–Crippen LogP) is 3.26. The van der Waals surface area contributed by atoms with E-state index in [-0.39, 0.29) is 6.04 Å². The molecule has 0 spiro atoms. The molecule has 0 amide bonds. The predicted molar refractivity (Wildman–Crippen MR) is 84.1 cm³/mol. The summed E-state index contributed by atoms with van der Waals surface area (Å²) < 4.78 is 0. The molecule has 2 rings (SSSR count). The van der Waals surface area contributed by atoms with Crippen molar-refractivity contribution >= 4 is 23.0 Å². The normalized spacial score (nSPS) is 12.4. The Bertz CT molecular complexity index is 593. The van der Waals surface area contributed by atoms with Crippen LogP contribution in [0.2, 0.25) is 0 Å². The Morgan fingerprint density at radius 1 is 1.35 bits per heavy atom. The maximum atomic E-state index is 5.97. The number of hydrogen-bond donors (Lipinski definition) is 2. The molecular formula is C14H21N5S. The van der Waals surface area contributed by atoms with Crippen LogP contribution in [0.25, 0.3) is 0 Å². The van der Waals surface area contributed by atoms with Gasteiger partial charge in [0.15, 0.2) is 0 Å². The van der Waals surface area contributed by atoms with E-state index in [1.54, 1.807) is 11.3 Å². The van der Waals surface area contributed by atoms with E-state index in [0.717, 1.165) is 35.1 Å². The minimum absolute atomic E-state index is 0.108. The Labute approximate surface area is 123 Å². The second-order valence-corrected chi connectivity index (χ2v) is 6.19. The van der Waals surface area contributed by atoms with Gasteiger partial charge in [0, 0.05) is 23.1 Å². The third kappa shape index (κ3) is 3.25. The largest absolute Gasteiger partial charge is 0.383 e. The monoisotopic (exact) mass is 291 g/mol. The van der Waals surface area contributed by atoms with E-state index in [1.807, 2.05) is 13.1 Å². The molecule has 0 bridgehead atoms. The van der Waals surface area contributed by atoms with E-state index in [2.05, 4.69) is 41.0 Å². The van der Waals surface area contributed by atoms with Gasteiger partial charge in [0.1, 0.15) is 22.5 Å². The maximum Gasteiger partial charge on any atom is 0.135 e. The quantitative estimate of drug-likeness (QED) is 0.884. The number of nitrogen functional groups attached to an aromatic ring is 1. The van der Waals surface area contributed by atoms with Crippen LogP contribution in [0.5, 0.6) is 0 Å². The van der Waals surface area contributed by atoms with Crippen LogP contribution in [-0.4, -0.2) is 15.0 Å². The summed E-state index contributed by atoms with van der Waals surface area (Å²) in [5, 5.41) is 4.45. The Kier molecular flexibility index (Phi) is 4.54. The first-order chi connectivity index (χ1) is 9.51. The molecule has 5 nitrogen and oxygen atoms in total. The summed E-state index contributed by atoms with van der Waals surface area (Å²) in [5.74, 6) is 2.15. The highest BCUT2D eigenvalue weighted by Gasteiger charge is 2.14. The van der Waals surface area contributed by atoms with Crippen molar-refractivity contribution in [2.45, 2.75) is 46.6 Å². The summed E-state index contributed by atoms with van der Waals surface area (Å²) in [5.41, 5.74) is 6.86. The van der Waals surface area contributed by atoms with Crippen molar-refractivity contribution in [3.8, 4) is 0 Å². The second-order valence-electron chi connectivity index (χ2n) is 4.92. The van der Waals surface area contributed by atoms with Gasteiger partial charge < -0.3 is 11.1 Å². The van der Waals surface area contributed by atoms with Crippen molar-refractivity contribution in [1.82, 2.24) is 15.0 Å². The average molecular weight is 291 g/mol. The van der Waals surface area contributed by atoms with Crippen molar-refractivity contribution < 1.29 is 0 Å². The van der Waals surface area contributed by atoms with Crippen LogP contribution >= 0.6 is 11.3 Å². The summed E-state index contributed by atoms with van der Waals surface area (Å²) in [4.78, 5) is 14.5. The molecular weight excluding hydrogens is 270 g/mol. The third-order valence-corrected chi connectivity index (χ3v) is 4.16. The average Bonchev–Trinajstić information content (AvgIpc) is 2.82. The summed E-state index contributed by atoms with van der Waals surface area (Å²) in [6.07, 6.45) is 3.73. The molecule has 0 aliphatic heterocycles. The van der Waals surface area contributed by atoms with Gasteiger partial charge in [0.05, 0.1) is 6.04 Å². The van der Waals surface area contributed by atoms with Crippen molar-refractivity contribution in [3.05, 3.63) is 27.5 Å². The van der Waals surface area contributed by atoms with Gasteiger partial charge in [-0.1, -0.05) is 6.92 Å². The second kappa shape index (κ2) is 6.17. The number of thiazole rings is 1. The smallest absolute Gasteiger partial charge is 0.135 e. The lowest BCUT2D eigenvalue weighted by Gasteiger charge is -2.15. The van der Waals surface area contributed by atoms with Gasteiger partial charge in [-0.3, -0.25) is 0 Å². The van der Waals surface area contributed by atoms with Gasteiger partial charge in [-0.15, -0.1) is 11.3 Å². The van der Waals surface area contributed by atoms with E-state index in [0.29, 0.717) is 5.82 Å². The molecule has 2 heterocycles. The van der Waals surface area contributed by atoms with E-state index in [4.69, 9.17) is 5.73 Å². The molecule has 108 valence electrons. The maximum absolute atomic E-state index is 5.97. The molecule has 0 saturated heterocycles. The van der Waals surface area contributed by atoms with E-state index < -0.39 is 0 Å². The summed E-state index contributed by atoms with van der Waals surface area (Å²) >= 11 is 1.69. The standard InChI is InChI=1S/C14H21N5S/c1-5-6-11-18-12(15)9(3)13(19-11)17-10(4)14-16-7-8(2)20-14/h7,10H,5-6H2,1-4H3,(H3,15,17,18,19). The minimum Gasteiger partial charge on any atom is -0.383 e. The molecule has 2 aromatic rings. The zero-order valence-electron chi connectivity index (χ0n) is 12.4. The first kappa shape index (κ1) is 14.7. The van der Waals surface area contributed by atoms with Crippen molar-refractivity contribution in [3.63, 3.8) is 0 Å². The Hall–Kier alpha value is -1.69. The van der Waals surface area contributed by atoms with E-state index in [1.165, 1.54) is 4.88 Å². The molecule has 6 heteroatoms. The lowest BCUT2D eigenvalue weighted by molar-refractivity contribution is 0.814. The molecule has 0 aromatic carbocycles. The molecule has 1 atom stereocenters. The fourth-order valence-electron chi connectivity index (χ4n) is 1.90. The number of aromatic nitrogens is 3. The molecule has 0 fully saturated rings. The van der Waals surface area contributed by atoms with Gasteiger partial charge in [-0.05, 0) is 27.2 Å². The molecule has 1 unspecified atom stereocenters. The highest BCUT2D eigenvalue weighted by atomic mass is 32.1. The third-order valence-electron chi connectivity index (χ3n) is 3.07. The molecule has 0 radical (unpaired) electrons. The first-order valence-corrected chi connectivity index (χ1v) is 7.64. The number of aryl methyl sites for hydroxylation is 2. The lowest BCUT2D eigenvalue weighted by Crippen LogP contribution is -2.12. The Morgan fingerprint density at radius 2 is 2.10 bits per heavy atom. The molecule has 0 aliphatic carbocycles. The highest BCUT2D eigenvalue weighted by Crippen LogP contribution is 2.25. The van der Waals surface area contributed by atoms with Crippen molar-refractivity contribution in [2.75, 3.05) is 11.1 Å². The number of nitrogens with one attached hydrogen (secondary N) is 1. The van der Waals surface area contributed by atoms with Crippen LogP contribution in [0, 0.1) is 13.8 Å². The fraction of sp³-hybridized carbons (Fsp3) is 0.500. The van der Waals surface area contributed by atoms with Gasteiger partial charge >= 0.3 is 0 Å². The van der Waals surface area contributed by atoms with Crippen LogP contribution in [0.1, 0.15) is 47.6 Å². The summed E-state index contributed by atoms with van der Waals surface area (Å²) in [6.45, 7) is 8.18. The van der Waals surface area contributed by atoms with Crippen molar-refractivity contribution in [2.24, 2.45) is 0 Å². The molecule has 2 aromatic heterocycles. The zero-order valence-corrected chi connectivity index (χ0v) is 13.2. The summed E-state index contributed by atoms with van der Waals surface area (Å²) in [7, 11) is 0. The Balaban J connectivity index is 2.23. The van der Waals surface area contributed by atoms with Gasteiger partial charge in [-0.25, -0.2) is 15.0 Å². The molecule has 3 N–H and O–H groups in total. The number of hydrogen-bond acceptors (Lipinski definition) is 6. The summed E-state index contributed by atoms with van der Waals surface area (Å²) in [6, 6.07) is 0.108. The SMILES string of the molecule is CCCc1nc(N)c(C)c(NC(C)c2ncc(C)s2)n1. The van der Waals surface area contributed by atoms with E-state index in [9.17, 15) is 0 Å². The molecule has 20 heavy (non-hydrogen) atoms. The zero-order chi connectivity index (χ0) is 14.7. The van der Waals surface area contributed by atoms with E-state index >= 15 is 0 Å². The fourth-order valence-corrected chi connectivity index (χ4v) is 2.67. The van der Waals surface area contributed by atoms with Crippen LogP contribution in [0.3, 0.4) is 0 Å². The van der Waals surface area contributed by atoms with Gasteiger partial charge in [0.25, 0.3) is 0 Å². The molecule has 0 saturated carbocycles. The van der Waals surface area contributed by atoms with Crippen LogP contribution in [0.4, 0.5) is 11.6 Å². The van der Waals surface area contributed by atoms with Crippen LogP contribution in [0.15, 0.2) is 6.20 Å². The topological polar surface area (TPSA) is 76.7 Å². The van der Waals surface area contributed by atoms with Gasteiger partial charge in [-0.2, -0.15) is 0 Å². The molecule has 0 aliphatic rings. The highest BCUT2D eigenvalue weighted by molar-refractivity contribution is 7.11. The van der Waals surface area contributed by atoms with Gasteiger partial charge in [0.2, 0.25) is 0 Å². The van der Waals surface area contributed by atoms with Crippen molar-refractivity contribution in [1.29, 1.82) is 0 Å². The minimum atomic E-state index is 0.108. The number of anilines is 2.